The molecule has 1 atom stereocenters. The highest BCUT2D eigenvalue weighted by Crippen LogP contribution is 2.25. The topological polar surface area (TPSA) is 55.4 Å². The fourth-order valence-electron chi connectivity index (χ4n) is 2.01. The maximum absolute atomic E-state index is 11.9. The summed E-state index contributed by atoms with van der Waals surface area (Å²) in [5.41, 5.74) is -0.884. The van der Waals surface area contributed by atoms with Crippen molar-refractivity contribution in [3.05, 3.63) is 12.7 Å². The van der Waals surface area contributed by atoms with Crippen molar-refractivity contribution in [2.45, 2.75) is 44.6 Å². The summed E-state index contributed by atoms with van der Waals surface area (Å²) < 4.78 is 5.04. The van der Waals surface area contributed by atoms with Gasteiger partial charge < -0.3 is 10.1 Å². The Morgan fingerprint density at radius 3 is 3.00 bits per heavy atom. The van der Waals surface area contributed by atoms with Gasteiger partial charge in [0.15, 0.2) is 0 Å². The minimum absolute atomic E-state index is 0.0765. The molecule has 1 amide bonds. The molecule has 0 saturated carbocycles. The van der Waals surface area contributed by atoms with Gasteiger partial charge in [-0.3, -0.25) is 4.79 Å². The number of rotatable bonds is 4. The first-order chi connectivity index (χ1) is 7.64. The first-order valence-electron chi connectivity index (χ1n) is 5.74. The number of carbonyl (C=O) groups is 2. The van der Waals surface area contributed by atoms with E-state index in [2.05, 4.69) is 11.9 Å². The fraction of sp³-hybridized carbons (Fsp3) is 0.667. The van der Waals surface area contributed by atoms with Crippen molar-refractivity contribution in [2.75, 3.05) is 6.61 Å². The van der Waals surface area contributed by atoms with Crippen LogP contribution >= 0.6 is 0 Å². The molecule has 0 unspecified atom stereocenters. The van der Waals surface area contributed by atoms with E-state index >= 15 is 0 Å². The lowest BCUT2D eigenvalue weighted by atomic mass is 9.90. The molecule has 16 heavy (non-hydrogen) atoms. The average molecular weight is 225 g/mol. The van der Waals surface area contributed by atoms with Crippen molar-refractivity contribution < 1.29 is 14.3 Å². The van der Waals surface area contributed by atoms with Crippen LogP contribution in [0.15, 0.2) is 12.7 Å². The van der Waals surface area contributed by atoms with Gasteiger partial charge in [-0.1, -0.05) is 6.08 Å². The van der Waals surface area contributed by atoms with Crippen LogP contribution in [0.3, 0.4) is 0 Å². The molecule has 1 N–H and O–H groups in total. The number of hydrogen-bond acceptors (Lipinski definition) is 3. The monoisotopic (exact) mass is 225 g/mol. The lowest BCUT2D eigenvalue weighted by Gasteiger charge is -2.29. The van der Waals surface area contributed by atoms with Crippen LogP contribution < -0.4 is 5.32 Å². The molecule has 0 spiro atoms. The average Bonchev–Trinajstić information content (AvgIpc) is 2.42. The minimum atomic E-state index is -0.884. The second-order valence-electron chi connectivity index (χ2n) is 4.05. The third-order valence-corrected chi connectivity index (χ3v) is 2.80. The Kier molecular flexibility index (Phi) is 4.52. The smallest absolute Gasteiger partial charge is 0.332 e. The summed E-state index contributed by atoms with van der Waals surface area (Å²) in [6.07, 6.45) is 4.87. The van der Waals surface area contributed by atoms with Gasteiger partial charge in [0.2, 0.25) is 5.91 Å². The Bertz CT molecular complexity index is 288. The van der Waals surface area contributed by atoms with Crippen LogP contribution in [0, 0.1) is 0 Å². The number of carbonyl (C=O) groups excluding carboxylic acids is 2. The zero-order valence-electron chi connectivity index (χ0n) is 9.75. The summed E-state index contributed by atoms with van der Waals surface area (Å²) in [6, 6.07) is 0. The molecular formula is C12H19NO3. The molecule has 4 heteroatoms. The van der Waals surface area contributed by atoms with Gasteiger partial charge in [0.25, 0.3) is 0 Å². The van der Waals surface area contributed by atoms with Crippen molar-refractivity contribution in [1.82, 2.24) is 5.32 Å². The van der Waals surface area contributed by atoms with Crippen molar-refractivity contribution in [3.63, 3.8) is 0 Å². The molecule has 1 aliphatic heterocycles. The molecule has 1 aliphatic rings. The lowest BCUT2D eigenvalue weighted by molar-refractivity contribution is -0.153. The highest BCUT2D eigenvalue weighted by Gasteiger charge is 2.40. The predicted octanol–water partition coefficient (Wildman–Crippen LogP) is 1.55. The van der Waals surface area contributed by atoms with Gasteiger partial charge in [-0.2, -0.15) is 0 Å². The number of amides is 1. The van der Waals surface area contributed by atoms with Gasteiger partial charge in [0.05, 0.1) is 6.61 Å². The van der Waals surface area contributed by atoms with Crippen LogP contribution in [-0.2, 0) is 14.3 Å². The van der Waals surface area contributed by atoms with E-state index in [1.165, 1.54) is 0 Å². The third kappa shape index (κ3) is 2.84. The molecule has 1 saturated heterocycles. The lowest BCUT2D eigenvalue weighted by Crippen LogP contribution is -2.54. The zero-order valence-corrected chi connectivity index (χ0v) is 9.75. The van der Waals surface area contributed by atoms with Crippen LogP contribution in [0.5, 0.6) is 0 Å². The van der Waals surface area contributed by atoms with Gasteiger partial charge >= 0.3 is 5.97 Å². The Labute approximate surface area is 96.0 Å². The molecule has 1 heterocycles. The molecule has 0 bridgehead atoms. The Hall–Kier alpha value is -1.32. The molecule has 0 radical (unpaired) electrons. The van der Waals surface area contributed by atoms with E-state index in [1.807, 2.05) is 0 Å². The summed E-state index contributed by atoms with van der Waals surface area (Å²) in [5, 5.41) is 2.79. The largest absolute Gasteiger partial charge is 0.464 e. The number of nitrogens with one attached hydrogen (secondary N) is 1. The molecule has 4 nitrogen and oxygen atoms in total. The molecule has 0 aromatic rings. The van der Waals surface area contributed by atoms with Crippen molar-refractivity contribution in [2.24, 2.45) is 0 Å². The summed E-state index contributed by atoms with van der Waals surface area (Å²) in [4.78, 5) is 23.5. The Morgan fingerprint density at radius 1 is 1.62 bits per heavy atom. The first kappa shape index (κ1) is 12.7. The summed E-state index contributed by atoms with van der Waals surface area (Å²) in [7, 11) is 0. The summed E-state index contributed by atoms with van der Waals surface area (Å²) in [5.74, 6) is -0.419. The van der Waals surface area contributed by atoms with Gasteiger partial charge in [-0.25, -0.2) is 4.79 Å². The standard InChI is InChI=1S/C12H19NO3/c1-3-8-12(11(15)16-4-2)9-6-5-7-10(14)13-12/h3H,1,4-9H2,2H3,(H,13,14)/t12-/m1/s1. The van der Waals surface area contributed by atoms with Gasteiger partial charge in [0, 0.05) is 6.42 Å². The van der Waals surface area contributed by atoms with E-state index in [4.69, 9.17) is 4.74 Å². The summed E-state index contributed by atoms with van der Waals surface area (Å²) in [6.45, 7) is 5.73. The molecule has 1 rings (SSSR count). The van der Waals surface area contributed by atoms with Crippen molar-refractivity contribution in [3.8, 4) is 0 Å². The van der Waals surface area contributed by atoms with Gasteiger partial charge in [0.1, 0.15) is 5.54 Å². The number of ether oxygens (including phenoxy) is 1. The van der Waals surface area contributed by atoms with E-state index in [0.29, 0.717) is 25.9 Å². The van der Waals surface area contributed by atoms with Crippen LogP contribution in [-0.4, -0.2) is 24.0 Å². The van der Waals surface area contributed by atoms with Crippen molar-refractivity contribution >= 4 is 11.9 Å². The fourth-order valence-corrected chi connectivity index (χ4v) is 2.01. The highest BCUT2D eigenvalue weighted by atomic mass is 16.5. The maximum Gasteiger partial charge on any atom is 0.332 e. The van der Waals surface area contributed by atoms with E-state index in [-0.39, 0.29) is 11.9 Å². The second kappa shape index (κ2) is 5.68. The quantitative estimate of drug-likeness (QED) is 0.583. The third-order valence-electron chi connectivity index (χ3n) is 2.80. The first-order valence-corrected chi connectivity index (χ1v) is 5.74. The zero-order chi connectivity index (χ0) is 12.0. The molecule has 90 valence electrons. The van der Waals surface area contributed by atoms with E-state index in [1.54, 1.807) is 13.0 Å². The van der Waals surface area contributed by atoms with Crippen LogP contribution in [0.2, 0.25) is 0 Å². The number of hydrogen-bond donors (Lipinski definition) is 1. The van der Waals surface area contributed by atoms with Gasteiger partial charge in [-0.15, -0.1) is 6.58 Å². The molecule has 1 fully saturated rings. The minimum Gasteiger partial charge on any atom is -0.464 e. The normalized spacial score (nSPS) is 25.4. The molecular weight excluding hydrogens is 206 g/mol. The van der Waals surface area contributed by atoms with E-state index in [9.17, 15) is 9.59 Å². The van der Waals surface area contributed by atoms with Crippen LogP contribution in [0.4, 0.5) is 0 Å². The molecule has 0 aromatic heterocycles. The Morgan fingerprint density at radius 2 is 2.38 bits per heavy atom. The second-order valence-corrected chi connectivity index (χ2v) is 4.05. The van der Waals surface area contributed by atoms with E-state index < -0.39 is 5.54 Å². The summed E-state index contributed by atoms with van der Waals surface area (Å²) >= 11 is 0. The van der Waals surface area contributed by atoms with E-state index in [0.717, 1.165) is 12.8 Å². The molecule has 0 aliphatic carbocycles. The SMILES string of the molecule is C=CC[C@]1(C(=O)OCC)CCCCC(=O)N1. The Balaban J connectivity index is 2.87. The predicted molar refractivity (Wildman–Crippen MR) is 60.8 cm³/mol. The number of esters is 1. The molecule has 0 aromatic carbocycles. The highest BCUT2D eigenvalue weighted by molar-refractivity contribution is 5.88. The van der Waals surface area contributed by atoms with Gasteiger partial charge in [-0.05, 0) is 32.6 Å². The maximum atomic E-state index is 11.9. The van der Waals surface area contributed by atoms with Crippen molar-refractivity contribution in [1.29, 1.82) is 0 Å². The van der Waals surface area contributed by atoms with Crippen LogP contribution in [0.1, 0.15) is 39.0 Å². The van der Waals surface area contributed by atoms with Crippen LogP contribution in [0.25, 0.3) is 0 Å².